The predicted molar refractivity (Wildman–Crippen MR) is 159 cm³/mol. The number of anilines is 1. The van der Waals surface area contributed by atoms with Gasteiger partial charge in [-0.3, -0.25) is 4.79 Å². The Bertz CT molecular complexity index is 1940. The zero-order valence-electron chi connectivity index (χ0n) is 37.0. The number of nitrogens with zero attached hydrogens (tertiary/aromatic N) is 1. The van der Waals surface area contributed by atoms with Crippen molar-refractivity contribution in [2.75, 3.05) is 31.5 Å². The van der Waals surface area contributed by atoms with Crippen LogP contribution in [0.1, 0.15) is 63.6 Å². The maximum Gasteiger partial charge on any atom is 0.407 e. The van der Waals surface area contributed by atoms with E-state index in [1.165, 1.54) is 12.1 Å². The number of sulfonamides is 1. The molecule has 0 spiro atoms. The molecule has 3 aliphatic rings. The second kappa shape index (κ2) is 14.2. The zero-order valence-corrected chi connectivity index (χ0v) is 23.8. The molecule has 1 aliphatic carbocycles. The first-order valence-corrected chi connectivity index (χ1v) is 14.8. The van der Waals surface area contributed by atoms with Gasteiger partial charge in [-0.15, -0.1) is 0 Å². The average molecular weight is 630 g/mol. The van der Waals surface area contributed by atoms with Gasteiger partial charge in [-0.25, -0.2) is 13.2 Å². The van der Waals surface area contributed by atoms with Gasteiger partial charge in [0.2, 0.25) is 15.9 Å². The van der Waals surface area contributed by atoms with E-state index in [0.29, 0.717) is 5.56 Å². The van der Waals surface area contributed by atoms with Crippen LogP contribution in [-0.2, 0) is 35.4 Å². The van der Waals surface area contributed by atoms with Gasteiger partial charge in [-0.2, -0.15) is 4.31 Å². The van der Waals surface area contributed by atoms with Gasteiger partial charge in [-0.1, -0.05) is 43.1 Å². The first kappa shape index (κ1) is 18.1. The molecule has 2 aliphatic heterocycles. The van der Waals surface area contributed by atoms with E-state index in [0.717, 1.165) is 31.2 Å². The Morgan fingerprint density at radius 2 is 1.88 bits per heavy atom. The van der Waals surface area contributed by atoms with Crippen molar-refractivity contribution in [1.29, 1.82) is 0 Å². The van der Waals surface area contributed by atoms with Crippen molar-refractivity contribution >= 4 is 27.7 Å². The second-order valence-electron chi connectivity index (χ2n) is 9.84. The molecule has 1 saturated carbocycles. The van der Waals surface area contributed by atoms with Gasteiger partial charge < -0.3 is 30.0 Å². The smallest absolute Gasteiger partial charge is 0.407 e. The maximum atomic E-state index is 14.5. The van der Waals surface area contributed by atoms with E-state index < -0.39 is 108 Å². The molecular weight excluding hydrogens is 574 g/mol. The third-order valence-electron chi connectivity index (χ3n) is 6.71. The van der Waals surface area contributed by atoms with Gasteiger partial charge >= 0.3 is 6.09 Å². The van der Waals surface area contributed by atoms with Crippen LogP contribution < -0.4 is 10.6 Å². The summed E-state index contributed by atoms with van der Waals surface area (Å²) in [5, 5.41) is 16.5. The molecule has 2 heterocycles. The first-order valence-electron chi connectivity index (χ1n) is 20.4. The number of hydrogen-bond donors (Lipinski definition) is 3. The van der Waals surface area contributed by atoms with E-state index in [1.807, 2.05) is 0 Å². The number of carbonyl (C=O) groups is 2. The Morgan fingerprint density at radius 1 is 1.16 bits per heavy atom. The number of benzene rings is 2. The van der Waals surface area contributed by atoms with Gasteiger partial charge in [-0.05, 0) is 61.3 Å². The minimum atomic E-state index is -5.50. The maximum absolute atomic E-state index is 14.5. The normalized spacial score (nSPS) is 37.0. The minimum Gasteiger partial charge on any atom is -0.443 e. The number of carbonyl (C=O) groups excluding carboxylic acids is 2. The van der Waals surface area contributed by atoms with Crippen LogP contribution in [0.2, 0.25) is 0 Å². The van der Waals surface area contributed by atoms with Crippen LogP contribution in [0.25, 0.3) is 0 Å². The topological polar surface area (TPSA) is 144 Å². The van der Waals surface area contributed by atoms with E-state index in [1.54, 1.807) is 18.2 Å². The number of nitrogens with one attached hydrogen (secondary N) is 2. The highest BCUT2D eigenvalue weighted by Crippen LogP contribution is 2.33. The first-order chi connectivity index (χ1) is 25.9. The van der Waals surface area contributed by atoms with Crippen molar-refractivity contribution < 1.29 is 56.5 Å². The Hall–Kier alpha value is -3.03. The summed E-state index contributed by atoms with van der Waals surface area (Å²) >= 11 is 0. The molecule has 3 fully saturated rings. The van der Waals surface area contributed by atoms with E-state index in [2.05, 4.69) is 10.6 Å². The van der Waals surface area contributed by atoms with Crippen LogP contribution in [0.4, 0.5) is 10.5 Å². The van der Waals surface area contributed by atoms with Crippen LogP contribution in [0, 0.1) is 11.8 Å². The monoisotopic (exact) mass is 629 g/mol. The summed E-state index contributed by atoms with van der Waals surface area (Å²) < 4.78 is 164. The summed E-state index contributed by atoms with van der Waals surface area (Å²) in [7, 11) is -5.50. The van der Waals surface area contributed by atoms with Gasteiger partial charge in [0.25, 0.3) is 0 Å². The molecule has 234 valence electrons. The lowest BCUT2D eigenvalue weighted by Crippen LogP contribution is -2.51. The lowest BCUT2D eigenvalue weighted by Gasteiger charge is -2.31. The lowest BCUT2D eigenvalue weighted by atomic mass is 10.0. The van der Waals surface area contributed by atoms with Crippen LogP contribution in [0.3, 0.4) is 0 Å². The van der Waals surface area contributed by atoms with Crippen LogP contribution >= 0.6 is 0 Å². The molecule has 0 radical (unpaired) electrons. The number of fused-ring (bicyclic) bond motifs is 1. The van der Waals surface area contributed by atoms with Crippen LogP contribution in [-0.4, -0.2) is 80.6 Å². The van der Waals surface area contributed by atoms with Crippen LogP contribution in [0.5, 0.6) is 0 Å². The number of alkyl carbamates (subject to hydrolysis) is 1. The Labute approximate surface area is 272 Å². The third kappa shape index (κ3) is 8.12. The summed E-state index contributed by atoms with van der Waals surface area (Å²) in [5.41, 5.74) is 0.446. The predicted octanol–water partition coefficient (Wildman–Crippen LogP) is 3.29. The third-order valence-corrected chi connectivity index (χ3v) is 8.40. The van der Waals surface area contributed by atoms with Crippen molar-refractivity contribution in [3.63, 3.8) is 0 Å². The van der Waals surface area contributed by atoms with Gasteiger partial charge in [0, 0.05) is 40.7 Å². The Balaban J connectivity index is 1.60. The van der Waals surface area contributed by atoms with Crippen molar-refractivity contribution in [3.05, 3.63) is 60.2 Å². The molecule has 0 unspecified atom stereocenters. The molecule has 43 heavy (non-hydrogen) atoms. The molecule has 0 bridgehead atoms. The quantitative estimate of drug-likeness (QED) is 0.325. The number of hydrogen-bond acceptors (Lipinski definition) is 8. The van der Waals surface area contributed by atoms with Crippen molar-refractivity contribution in [3.8, 4) is 0 Å². The molecule has 2 amide bonds. The Kier molecular flexibility index (Phi) is 5.95. The second-order valence-corrected chi connectivity index (χ2v) is 11.7. The SMILES string of the molecule is [2H]C([2H])(N(C[C@@H](O)[C@H](Cc1ccccc1)NC(=O)O[C@]1([2H])[C@@H]2CCO[C@@H]2OC1([2H])[2H])S(=O)(=O)c1ccc(NC(C)=O)cc1)C1([2H])C([2H])([2H])C([2H])([2H])C([2H])([2H])C1([2H])[2H]. The summed E-state index contributed by atoms with van der Waals surface area (Å²) in [4.78, 5) is 24.3. The van der Waals surface area contributed by atoms with Crippen LogP contribution in [0.15, 0.2) is 59.5 Å². The minimum absolute atomic E-state index is 0.0606. The number of ether oxygens (including phenoxy) is 3. The lowest BCUT2D eigenvalue weighted by molar-refractivity contribution is -0.114. The van der Waals surface area contributed by atoms with E-state index in [9.17, 15) is 23.1 Å². The highest BCUT2D eigenvalue weighted by molar-refractivity contribution is 7.89. The van der Waals surface area contributed by atoms with Gasteiger partial charge in [0.05, 0.1) is 40.2 Å². The average Bonchev–Trinajstić information content (AvgIpc) is 3.65. The van der Waals surface area contributed by atoms with Gasteiger partial charge in [0.15, 0.2) is 6.29 Å². The van der Waals surface area contributed by atoms with E-state index in [4.69, 9.17) is 33.4 Å². The standard InChI is InChI=1S/C31H41N3O8S/c1-21(35)32-24-11-13-25(14-12-24)43(38,39)34(18-23-9-5-6-10-23)19-28(36)27(17-22-7-3-2-4-8-22)33-31(37)42-29-20-41-30-26(29)15-16-40-30/h2-4,7-8,11-14,23,26-30,36H,5-6,9-10,15-20H2,1H3,(H,32,35)(H,33,37)/t26-,27-,28+,29-,30+/m0/s1/i5D2,6D2,9D2,10D2,18D2,20D2,23D,29D. The highest BCUT2D eigenvalue weighted by Gasteiger charge is 2.44. The Morgan fingerprint density at radius 3 is 2.58 bits per heavy atom. The zero-order chi connectivity index (χ0) is 43.0. The fourth-order valence-corrected chi connectivity index (χ4v) is 5.89. The number of rotatable bonds is 12. The van der Waals surface area contributed by atoms with E-state index in [-0.39, 0.29) is 29.4 Å². The summed E-state index contributed by atoms with van der Waals surface area (Å²) in [6.07, 6.45) is -24.2. The molecule has 2 aromatic rings. The highest BCUT2D eigenvalue weighted by atomic mass is 32.2. The summed E-state index contributed by atoms with van der Waals surface area (Å²) in [6.45, 7) is -7.47. The molecule has 0 aromatic heterocycles. The summed E-state index contributed by atoms with van der Waals surface area (Å²) in [6, 6.07) is 9.98. The van der Waals surface area contributed by atoms with Gasteiger partial charge in [0.1, 0.15) is 6.08 Å². The largest absolute Gasteiger partial charge is 0.443 e. The number of aliphatic hydroxyl groups is 1. The molecule has 2 aromatic carbocycles. The molecule has 5 atom stereocenters. The van der Waals surface area contributed by atoms with Crippen molar-refractivity contribution in [1.82, 2.24) is 9.62 Å². The molecule has 12 heteroatoms. The molecule has 2 saturated heterocycles. The van der Waals surface area contributed by atoms with Crippen molar-refractivity contribution in [2.24, 2.45) is 11.8 Å². The fourth-order valence-electron chi connectivity index (χ4n) is 4.60. The summed E-state index contributed by atoms with van der Waals surface area (Å²) in [5.74, 6) is -5.90. The van der Waals surface area contributed by atoms with E-state index >= 15 is 0 Å². The number of aliphatic hydroxyl groups excluding tert-OH is 1. The molecule has 11 nitrogen and oxygen atoms in total. The molecule has 3 N–H and O–H groups in total. The van der Waals surface area contributed by atoms with Crippen molar-refractivity contribution in [2.45, 2.75) is 74.7 Å². The molecule has 5 rings (SSSR count). The number of amides is 2. The molecular formula is C31H41N3O8S. The fraction of sp³-hybridized carbons (Fsp3) is 0.548.